The number of aromatic hydroxyl groups is 1. The van der Waals surface area contributed by atoms with Crippen LogP contribution < -0.4 is 9.80 Å². The standard InChI is InChI=1S/C18H29N3O2/c1-14(2)21(15(3)4)18(23)13-19-9-11-20(12-10-19)16-5-7-17(22)8-6-16/h5-8,14-15,22H,9-13H2,1-4H3/p+1. The largest absolute Gasteiger partial charge is 0.508 e. The number of hydrogen-bond donors (Lipinski definition) is 2. The van der Waals surface area contributed by atoms with E-state index in [2.05, 4.69) is 32.6 Å². The third kappa shape index (κ3) is 4.61. The molecule has 128 valence electrons. The molecule has 0 unspecified atom stereocenters. The summed E-state index contributed by atoms with van der Waals surface area (Å²) in [7, 11) is 0. The molecule has 1 saturated heterocycles. The lowest BCUT2D eigenvalue weighted by atomic mass is 10.2. The third-order valence-corrected chi connectivity index (χ3v) is 4.49. The van der Waals surface area contributed by atoms with Gasteiger partial charge in [0.05, 0.1) is 26.2 Å². The van der Waals surface area contributed by atoms with Crippen LogP contribution in [0.1, 0.15) is 27.7 Å². The Hall–Kier alpha value is -1.75. The molecule has 5 nitrogen and oxygen atoms in total. The number of quaternary nitrogens is 1. The van der Waals surface area contributed by atoms with Crippen LogP contribution in [0.25, 0.3) is 0 Å². The van der Waals surface area contributed by atoms with Gasteiger partial charge in [-0.3, -0.25) is 4.79 Å². The lowest BCUT2D eigenvalue weighted by Crippen LogP contribution is -3.16. The van der Waals surface area contributed by atoms with Crippen molar-refractivity contribution in [3.63, 3.8) is 0 Å². The van der Waals surface area contributed by atoms with E-state index in [-0.39, 0.29) is 18.0 Å². The first-order valence-electron chi connectivity index (χ1n) is 8.57. The van der Waals surface area contributed by atoms with Crippen molar-refractivity contribution in [2.24, 2.45) is 0 Å². The summed E-state index contributed by atoms with van der Waals surface area (Å²) in [6.07, 6.45) is 0. The number of piperazine rings is 1. The van der Waals surface area contributed by atoms with Crippen molar-refractivity contribution in [1.29, 1.82) is 0 Å². The summed E-state index contributed by atoms with van der Waals surface area (Å²) in [6, 6.07) is 7.85. The Morgan fingerprint density at radius 2 is 1.65 bits per heavy atom. The van der Waals surface area contributed by atoms with Gasteiger partial charge >= 0.3 is 0 Å². The van der Waals surface area contributed by atoms with E-state index in [0.717, 1.165) is 31.9 Å². The van der Waals surface area contributed by atoms with E-state index >= 15 is 0 Å². The molecule has 1 aromatic rings. The predicted molar refractivity (Wildman–Crippen MR) is 93.0 cm³/mol. The average Bonchev–Trinajstić information content (AvgIpc) is 2.48. The molecule has 1 amide bonds. The molecular formula is C18H30N3O2+. The Labute approximate surface area is 139 Å². The summed E-state index contributed by atoms with van der Waals surface area (Å²) < 4.78 is 0. The minimum absolute atomic E-state index is 0.250. The van der Waals surface area contributed by atoms with Crippen molar-refractivity contribution in [3.05, 3.63) is 24.3 Å². The molecule has 0 radical (unpaired) electrons. The van der Waals surface area contributed by atoms with Gasteiger partial charge in [0.15, 0.2) is 6.54 Å². The van der Waals surface area contributed by atoms with Crippen molar-refractivity contribution in [2.45, 2.75) is 39.8 Å². The van der Waals surface area contributed by atoms with Gasteiger partial charge < -0.3 is 19.8 Å². The van der Waals surface area contributed by atoms with E-state index in [1.54, 1.807) is 12.1 Å². The summed E-state index contributed by atoms with van der Waals surface area (Å²) >= 11 is 0. The highest BCUT2D eigenvalue weighted by Gasteiger charge is 2.27. The summed E-state index contributed by atoms with van der Waals surface area (Å²) in [4.78, 5) is 18.2. The van der Waals surface area contributed by atoms with E-state index in [1.807, 2.05) is 17.0 Å². The summed E-state index contributed by atoms with van der Waals surface area (Å²) in [5.41, 5.74) is 1.14. The fourth-order valence-electron chi connectivity index (χ4n) is 3.40. The number of carbonyl (C=O) groups is 1. The van der Waals surface area contributed by atoms with Crippen LogP contribution in [0.4, 0.5) is 5.69 Å². The molecular weight excluding hydrogens is 290 g/mol. The number of nitrogens with zero attached hydrogens (tertiary/aromatic N) is 2. The lowest BCUT2D eigenvalue weighted by Gasteiger charge is -2.36. The van der Waals surface area contributed by atoms with Crippen LogP contribution in [-0.2, 0) is 4.79 Å². The van der Waals surface area contributed by atoms with Crippen LogP contribution in [0, 0.1) is 0 Å². The summed E-state index contributed by atoms with van der Waals surface area (Å²) in [6.45, 7) is 12.7. The first kappa shape index (κ1) is 17.6. The summed E-state index contributed by atoms with van der Waals surface area (Å²) in [5.74, 6) is 0.550. The van der Waals surface area contributed by atoms with Gasteiger partial charge in [-0.2, -0.15) is 0 Å². The first-order valence-corrected chi connectivity index (χ1v) is 8.57. The van der Waals surface area contributed by atoms with Gasteiger partial charge in [0.25, 0.3) is 5.91 Å². The third-order valence-electron chi connectivity index (χ3n) is 4.49. The molecule has 1 aliphatic heterocycles. The predicted octanol–water partition coefficient (Wildman–Crippen LogP) is 0.743. The second-order valence-electron chi connectivity index (χ2n) is 6.92. The zero-order chi connectivity index (χ0) is 17.0. The topological polar surface area (TPSA) is 48.2 Å². The number of rotatable bonds is 5. The van der Waals surface area contributed by atoms with Crippen LogP contribution >= 0.6 is 0 Å². The number of benzene rings is 1. The van der Waals surface area contributed by atoms with Crippen LogP contribution in [0.15, 0.2) is 24.3 Å². The zero-order valence-corrected chi connectivity index (χ0v) is 14.7. The van der Waals surface area contributed by atoms with Gasteiger partial charge in [-0.1, -0.05) is 0 Å². The number of carbonyl (C=O) groups excluding carboxylic acids is 1. The van der Waals surface area contributed by atoms with Crippen molar-refractivity contribution in [1.82, 2.24) is 4.90 Å². The molecule has 0 bridgehead atoms. The normalized spacial score (nSPS) is 16.2. The molecule has 0 aromatic heterocycles. The Kier molecular flexibility index (Phi) is 5.88. The van der Waals surface area contributed by atoms with Crippen molar-refractivity contribution in [2.75, 3.05) is 37.6 Å². The molecule has 0 aliphatic carbocycles. The average molecular weight is 320 g/mol. The van der Waals surface area contributed by atoms with Crippen LogP contribution in [0.5, 0.6) is 5.75 Å². The lowest BCUT2D eigenvalue weighted by molar-refractivity contribution is -0.892. The van der Waals surface area contributed by atoms with Crippen molar-refractivity contribution < 1.29 is 14.8 Å². The van der Waals surface area contributed by atoms with Crippen LogP contribution in [0.3, 0.4) is 0 Å². The van der Waals surface area contributed by atoms with E-state index < -0.39 is 0 Å². The summed E-state index contributed by atoms with van der Waals surface area (Å²) in [5, 5.41) is 9.37. The maximum absolute atomic E-state index is 12.5. The van der Waals surface area contributed by atoms with Gasteiger partial charge in [-0.15, -0.1) is 0 Å². The maximum Gasteiger partial charge on any atom is 0.278 e. The molecule has 1 aliphatic rings. The van der Waals surface area contributed by atoms with Gasteiger partial charge in [-0.25, -0.2) is 0 Å². The van der Waals surface area contributed by atoms with E-state index in [1.165, 1.54) is 4.90 Å². The zero-order valence-electron chi connectivity index (χ0n) is 14.7. The molecule has 0 spiro atoms. The number of anilines is 1. The Morgan fingerprint density at radius 3 is 2.13 bits per heavy atom. The van der Waals surface area contributed by atoms with Gasteiger partial charge in [0, 0.05) is 17.8 Å². The Balaban J connectivity index is 1.87. The maximum atomic E-state index is 12.5. The molecule has 1 aromatic carbocycles. The minimum atomic E-state index is 0.250. The number of phenols is 1. The second-order valence-corrected chi connectivity index (χ2v) is 6.92. The molecule has 0 saturated carbocycles. The number of phenolic OH excluding ortho intramolecular Hbond substituents is 1. The molecule has 2 N–H and O–H groups in total. The second kappa shape index (κ2) is 7.68. The van der Waals surface area contributed by atoms with Crippen molar-refractivity contribution >= 4 is 11.6 Å². The van der Waals surface area contributed by atoms with Gasteiger partial charge in [0.2, 0.25) is 0 Å². The first-order chi connectivity index (χ1) is 10.9. The quantitative estimate of drug-likeness (QED) is 0.841. The van der Waals surface area contributed by atoms with Gasteiger partial charge in [-0.05, 0) is 52.0 Å². The Bertz CT molecular complexity index is 498. The van der Waals surface area contributed by atoms with Crippen LogP contribution in [-0.4, -0.2) is 60.7 Å². The highest BCUT2D eigenvalue weighted by atomic mass is 16.3. The number of nitrogens with one attached hydrogen (secondary N) is 1. The van der Waals surface area contributed by atoms with E-state index in [4.69, 9.17) is 0 Å². The number of hydrogen-bond acceptors (Lipinski definition) is 3. The smallest absolute Gasteiger partial charge is 0.278 e. The monoisotopic (exact) mass is 320 g/mol. The Morgan fingerprint density at radius 1 is 1.13 bits per heavy atom. The van der Waals surface area contributed by atoms with E-state index in [0.29, 0.717) is 12.3 Å². The fraction of sp³-hybridized carbons (Fsp3) is 0.611. The molecule has 5 heteroatoms. The molecule has 0 atom stereocenters. The highest BCUT2D eigenvalue weighted by molar-refractivity contribution is 5.77. The van der Waals surface area contributed by atoms with Crippen LogP contribution in [0.2, 0.25) is 0 Å². The molecule has 2 rings (SSSR count). The SMILES string of the molecule is CC(C)N(C(=O)C[NH+]1CCN(c2ccc(O)cc2)CC1)C(C)C. The van der Waals surface area contributed by atoms with Gasteiger partial charge in [0.1, 0.15) is 5.75 Å². The fourth-order valence-corrected chi connectivity index (χ4v) is 3.40. The number of amides is 1. The molecule has 23 heavy (non-hydrogen) atoms. The molecule has 1 fully saturated rings. The van der Waals surface area contributed by atoms with Crippen molar-refractivity contribution in [3.8, 4) is 5.75 Å². The highest BCUT2D eigenvalue weighted by Crippen LogP contribution is 2.18. The minimum Gasteiger partial charge on any atom is -0.508 e. The van der Waals surface area contributed by atoms with E-state index in [9.17, 15) is 9.90 Å². The molecule has 1 heterocycles.